The van der Waals surface area contributed by atoms with Gasteiger partial charge in [-0.15, -0.1) is 0 Å². The van der Waals surface area contributed by atoms with Gasteiger partial charge in [-0.3, -0.25) is 14.8 Å². The quantitative estimate of drug-likeness (QED) is 0.508. The van der Waals surface area contributed by atoms with Gasteiger partial charge in [0.2, 0.25) is 0 Å². The number of aromatic nitrogens is 5. The van der Waals surface area contributed by atoms with Gasteiger partial charge in [0.15, 0.2) is 0 Å². The topological polar surface area (TPSA) is 103 Å². The molecule has 1 aromatic carbocycles. The normalized spacial score (nSPS) is 17.1. The average molecular weight is 440 g/mol. The molecule has 2 aliphatic rings. The predicted octanol–water partition coefficient (Wildman–Crippen LogP) is 3.67. The highest BCUT2D eigenvalue weighted by atomic mass is 16.2. The zero-order valence-corrected chi connectivity index (χ0v) is 18.4. The van der Waals surface area contributed by atoms with Crippen LogP contribution in [0.3, 0.4) is 0 Å². The van der Waals surface area contributed by atoms with E-state index in [9.17, 15) is 4.79 Å². The number of aliphatic imine (C=N–C) groups is 1. The van der Waals surface area contributed by atoms with Crippen molar-refractivity contribution in [3.8, 4) is 0 Å². The largest absolute Gasteiger partial charge is 0.347 e. The molecule has 0 aliphatic carbocycles. The summed E-state index contributed by atoms with van der Waals surface area (Å²) in [6.45, 7) is 3.36. The van der Waals surface area contributed by atoms with Crippen LogP contribution in [0.1, 0.15) is 30.4 Å². The highest BCUT2D eigenvalue weighted by molar-refractivity contribution is 6.11. The Labute approximate surface area is 191 Å². The summed E-state index contributed by atoms with van der Waals surface area (Å²) in [7, 11) is 0. The maximum atomic E-state index is 13.0. The van der Waals surface area contributed by atoms with Crippen molar-refractivity contribution in [1.29, 1.82) is 0 Å². The number of rotatable bonds is 3. The third-order valence-corrected chi connectivity index (χ3v) is 6.02. The SMILES string of the molecule is CCC1C(C(=O)N2CCc3nc[nH]c3C2)=CN=C1c1ccccn1.c1ccc2[nH]cnc2c1. The second-order valence-corrected chi connectivity index (χ2v) is 8.00. The summed E-state index contributed by atoms with van der Waals surface area (Å²) in [6.07, 6.45) is 8.51. The number of benzene rings is 1. The van der Waals surface area contributed by atoms with Crippen LogP contribution in [-0.2, 0) is 17.8 Å². The van der Waals surface area contributed by atoms with Crippen LogP contribution in [0.5, 0.6) is 0 Å². The first kappa shape index (κ1) is 20.8. The molecule has 4 aromatic rings. The van der Waals surface area contributed by atoms with Crippen LogP contribution in [0.15, 0.2) is 78.1 Å². The molecule has 6 rings (SSSR count). The first-order valence-electron chi connectivity index (χ1n) is 11.1. The number of imidazole rings is 2. The molecular weight excluding hydrogens is 414 g/mol. The zero-order chi connectivity index (χ0) is 22.6. The molecule has 0 radical (unpaired) electrons. The number of hydrogen-bond donors (Lipinski definition) is 2. The van der Waals surface area contributed by atoms with E-state index in [0.29, 0.717) is 13.1 Å². The Morgan fingerprint density at radius 1 is 1.06 bits per heavy atom. The highest BCUT2D eigenvalue weighted by Gasteiger charge is 2.33. The van der Waals surface area contributed by atoms with Gasteiger partial charge in [-0.1, -0.05) is 25.1 Å². The van der Waals surface area contributed by atoms with Crippen LogP contribution < -0.4 is 0 Å². The van der Waals surface area contributed by atoms with Gasteiger partial charge in [0, 0.05) is 36.9 Å². The van der Waals surface area contributed by atoms with E-state index in [4.69, 9.17) is 0 Å². The fourth-order valence-corrected chi connectivity index (χ4v) is 4.29. The number of para-hydroxylation sites is 2. The summed E-state index contributed by atoms with van der Waals surface area (Å²) in [6, 6.07) is 13.7. The summed E-state index contributed by atoms with van der Waals surface area (Å²) in [5.41, 5.74) is 6.72. The van der Waals surface area contributed by atoms with E-state index >= 15 is 0 Å². The third-order valence-electron chi connectivity index (χ3n) is 6.02. The highest BCUT2D eigenvalue weighted by Crippen LogP contribution is 2.29. The van der Waals surface area contributed by atoms with Crippen LogP contribution in [0.25, 0.3) is 11.0 Å². The fraction of sp³-hybridized carbons (Fsp3) is 0.240. The zero-order valence-electron chi connectivity index (χ0n) is 18.4. The molecule has 0 spiro atoms. The van der Waals surface area contributed by atoms with Crippen molar-refractivity contribution in [2.45, 2.75) is 26.3 Å². The molecular formula is C25H25N7O. The molecule has 0 saturated heterocycles. The molecule has 0 saturated carbocycles. The number of aromatic amines is 2. The van der Waals surface area contributed by atoms with Crippen LogP contribution in [-0.4, -0.2) is 48.0 Å². The number of fused-ring (bicyclic) bond motifs is 2. The molecule has 2 N–H and O–H groups in total. The maximum Gasteiger partial charge on any atom is 0.252 e. The number of carbonyl (C=O) groups is 1. The van der Waals surface area contributed by atoms with Gasteiger partial charge in [0.1, 0.15) is 0 Å². The summed E-state index contributed by atoms with van der Waals surface area (Å²) in [5, 5.41) is 0. The monoisotopic (exact) mass is 439 g/mol. The second kappa shape index (κ2) is 9.20. The van der Waals surface area contributed by atoms with Crippen molar-refractivity contribution in [3.05, 3.63) is 90.2 Å². The van der Waals surface area contributed by atoms with Gasteiger partial charge >= 0.3 is 0 Å². The molecule has 8 heteroatoms. The van der Waals surface area contributed by atoms with Crippen LogP contribution in [0, 0.1) is 5.92 Å². The summed E-state index contributed by atoms with van der Waals surface area (Å²) in [4.78, 5) is 38.3. The molecule has 3 aromatic heterocycles. The molecule has 166 valence electrons. The first-order valence-corrected chi connectivity index (χ1v) is 11.1. The predicted molar refractivity (Wildman–Crippen MR) is 126 cm³/mol. The molecule has 33 heavy (non-hydrogen) atoms. The lowest BCUT2D eigenvalue weighted by atomic mass is 9.90. The third kappa shape index (κ3) is 4.19. The first-order chi connectivity index (χ1) is 16.2. The molecule has 8 nitrogen and oxygen atoms in total. The number of carbonyl (C=O) groups excluding carboxylic acids is 1. The van der Waals surface area contributed by atoms with Crippen molar-refractivity contribution in [2.24, 2.45) is 10.9 Å². The molecule has 0 fully saturated rings. The molecule has 2 aliphatic heterocycles. The van der Waals surface area contributed by atoms with Gasteiger partial charge in [-0.2, -0.15) is 0 Å². The second-order valence-electron chi connectivity index (χ2n) is 8.00. The Hall–Kier alpha value is -4.07. The van der Waals surface area contributed by atoms with E-state index in [-0.39, 0.29) is 11.8 Å². The molecule has 1 unspecified atom stereocenters. The molecule has 0 bridgehead atoms. The lowest BCUT2D eigenvalue weighted by molar-refractivity contribution is -0.128. The van der Waals surface area contributed by atoms with E-state index in [1.54, 1.807) is 25.1 Å². The summed E-state index contributed by atoms with van der Waals surface area (Å²) < 4.78 is 0. The Balaban J connectivity index is 0.000000211. The van der Waals surface area contributed by atoms with E-state index < -0.39 is 0 Å². The standard InChI is InChI=1S/C18H19N5O.C7H6N2/c1-2-12-13(9-20-17(12)15-5-3-4-7-19-15)18(24)23-8-6-14-16(10-23)22-11-21-14;1-2-4-7-6(3-1)8-5-9-7/h3-5,7,9,11-12H,2,6,8,10H2,1H3,(H,21,22);1-5H,(H,8,9). The minimum Gasteiger partial charge on any atom is -0.347 e. The van der Waals surface area contributed by atoms with Gasteiger partial charge in [0.25, 0.3) is 5.91 Å². The van der Waals surface area contributed by atoms with E-state index in [1.807, 2.05) is 47.4 Å². The minimum absolute atomic E-state index is 0.00978. The van der Waals surface area contributed by atoms with Crippen LogP contribution in [0.4, 0.5) is 0 Å². The number of nitrogens with zero attached hydrogens (tertiary/aromatic N) is 5. The summed E-state index contributed by atoms with van der Waals surface area (Å²) >= 11 is 0. The molecule has 1 amide bonds. The van der Waals surface area contributed by atoms with Crippen LogP contribution >= 0.6 is 0 Å². The van der Waals surface area contributed by atoms with Gasteiger partial charge in [-0.25, -0.2) is 9.97 Å². The molecule has 5 heterocycles. The van der Waals surface area contributed by atoms with E-state index in [1.165, 1.54) is 0 Å². The van der Waals surface area contributed by atoms with E-state index in [2.05, 4.69) is 36.8 Å². The van der Waals surface area contributed by atoms with Gasteiger partial charge in [0.05, 0.1) is 53.0 Å². The number of pyridine rings is 1. The Morgan fingerprint density at radius 2 is 1.91 bits per heavy atom. The molecule has 1 atom stereocenters. The number of nitrogens with one attached hydrogen (secondary N) is 2. The number of hydrogen-bond acceptors (Lipinski definition) is 5. The Morgan fingerprint density at radius 3 is 2.73 bits per heavy atom. The fourth-order valence-electron chi connectivity index (χ4n) is 4.29. The van der Waals surface area contributed by atoms with Crippen molar-refractivity contribution < 1.29 is 4.79 Å². The number of H-pyrrole nitrogens is 2. The van der Waals surface area contributed by atoms with Crippen molar-refractivity contribution in [1.82, 2.24) is 29.8 Å². The van der Waals surface area contributed by atoms with Crippen molar-refractivity contribution >= 4 is 22.7 Å². The lowest BCUT2D eigenvalue weighted by Gasteiger charge is -2.28. The Kier molecular flexibility index (Phi) is 5.80. The maximum absolute atomic E-state index is 13.0. The smallest absolute Gasteiger partial charge is 0.252 e. The van der Waals surface area contributed by atoms with Crippen LogP contribution in [0.2, 0.25) is 0 Å². The van der Waals surface area contributed by atoms with Gasteiger partial charge < -0.3 is 14.9 Å². The van der Waals surface area contributed by atoms with Crippen molar-refractivity contribution in [3.63, 3.8) is 0 Å². The van der Waals surface area contributed by atoms with Gasteiger partial charge in [-0.05, 0) is 30.7 Å². The number of amides is 1. The van der Waals surface area contributed by atoms with E-state index in [0.717, 1.165) is 52.2 Å². The lowest BCUT2D eigenvalue weighted by Crippen LogP contribution is -2.38. The summed E-state index contributed by atoms with van der Waals surface area (Å²) in [5.74, 6) is 0.0762. The van der Waals surface area contributed by atoms with Crippen molar-refractivity contribution in [2.75, 3.05) is 6.54 Å². The minimum atomic E-state index is 0.00978. The average Bonchev–Trinajstić information content (AvgIpc) is 3.63. The Bertz CT molecular complexity index is 1290.